The van der Waals surface area contributed by atoms with Crippen molar-refractivity contribution in [3.8, 4) is 0 Å². The van der Waals surface area contributed by atoms with Gasteiger partial charge in [0.05, 0.1) is 5.69 Å². The molecule has 1 saturated heterocycles. The number of hydrogen-bond donors (Lipinski definition) is 1. The Kier molecular flexibility index (Phi) is 5.54. The summed E-state index contributed by atoms with van der Waals surface area (Å²) in [5, 5.41) is 3.19. The van der Waals surface area contributed by atoms with Crippen molar-refractivity contribution >= 4 is 5.91 Å². The lowest BCUT2D eigenvalue weighted by atomic mass is 10.1. The first-order chi connectivity index (χ1) is 11.7. The zero-order valence-electron chi connectivity index (χ0n) is 14.1. The van der Waals surface area contributed by atoms with Crippen LogP contribution in [0.3, 0.4) is 0 Å². The summed E-state index contributed by atoms with van der Waals surface area (Å²) in [6, 6.07) is 10.7. The van der Waals surface area contributed by atoms with Gasteiger partial charge in [0, 0.05) is 50.7 Å². The molecule has 1 amide bonds. The quantitative estimate of drug-likeness (QED) is 0.883. The van der Waals surface area contributed by atoms with Crippen molar-refractivity contribution in [1.82, 2.24) is 20.2 Å². The van der Waals surface area contributed by atoms with E-state index in [4.69, 9.17) is 0 Å². The SMILES string of the molecule is C[C@H]1CN(Cc2ccccc2)C[C@@H]1NC(=O)CCc1cnccn1. The number of aryl methyl sites for hydroxylation is 1. The molecule has 126 valence electrons. The molecule has 0 bridgehead atoms. The van der Waals surface area contributed by atoms with Crippen LogP contribution in [-0.2, 0) is 17.8 Å². The Morgan fingerprint density at radius 2 is 2.08 bits per heavy atom. The Hall–Kier alpha value is -2.27. The van der Waals surface area contributed by atoms with E-state index < -0.39 is 0 Å². The van der Waals surface area contributed by atoms with Crippen LogP contribution in [0, 0.1) is 5.92 Å². The van der Waals surface area contributed by atoms with Gasteiger partial charge in [-0.25, -0.2) is 0 Å². The van der Waals surface area contributed by atoms with E-state index in [0.29, 0.717) is 18.8 Å². The molecule has 1 aromatic heterocycles. The number of carbonyl (C=O) groups excluding carboxylic acids is 1. The molecular formula is C19H24N4O. The zero-order valence-corrected chi connectivity index (χ0v) is 14.1. The van der Waals surface area contributed by atoms with Crippen LogP contribution in [0.25, 0.3) is 0 Å². The lowest BCUT2D eigenvalue weighted by molar-refractivity contribution is -0.121. The van der Waals surface area contributed by atoms with Crippen LogP contribution in [0.1, 0.15) is 24.6 Å². The van der Waals surface area contributed by atoms with Gasteiger partial charge in [-0.1, -0.05) is 37.3 Å². The third-order valence-corrected chi connectivity index (χ3v) is 4.51. The highest BCUT2D eigenvalue weighted by Gasteiger charge is 2.30. The Labute approximate surface area is 143 Å². The Morgan fingerprint density at radius 1 is 1.25 bits per heavy atom. The van der Waals surface area contributed by atoms with Crippen LogP contribution in [0.2, 0.25) is 0 Å². The number of benzene rings is 1. The highest BCUT2D eigenvalue weighted by Crippen LogP contribution is 2.19. The second-order valence-corrected chi connectivity index (χ2v) is 6.53. The Bertz CT molecular complexity index is 647. The Balaban J connectivity index is 1.46. The zero-order chi connectivity index (χ0) is 16.8. The predicted molar refractivity (Wildman–Crippen MR) is 93.2 cm³/mol. The molecule has 2 aromatic rings. The molecule has 5 nitrogen and oxygen atoms in total. The molecular weight excluding hydrogens is 300 g/mol. The minimum atomic E-state index is 0.0964. The highest BCUT2D eigenvalue weighted by atomic mass is 16.1. The number of hydrogen-bond acceptors (Lipinski definition) is 4. The number of likely N-dealkylation sites (tertiary alicyclic amines) is 1. The van der Waals surface area contributed by atoms with Gasteiger partial charge in [-0.15, -0.1) is 0 Å². The first kappa shape index (κ1) is 16.6. The van der Waals surface area contributed by atoms with Gasteiger partial charge >= 0.3 is 0 Å². The molecule has 2 heterocycles. The number of carbonyl (C=O) groups is 1. The molecule has 3 rings (SSSR count). The van der Waals surface area contributed by atoms with Gasteiger partial charge in [0.25, 0.3) is 0 Å². The molecule has 24 heavy (non-hydrogen) atoms. The minimum absolute atomic E-state index is 0.0964. The maximum absolute atomic E-state index is 12.2. The summed E-state index contributed by atoms with van der Waals surface area (Å²) in [5.74, 6) is 0.563. The molecule has 0 radical (unpaired) electrons. The van der Waals surface area contributed by atoms with E-state index in [0.717, 1.165) is 25.3 Å². The van der Waals surface area contributed by atoms with E-state index in [1.165, 1.54) is 5.56 Å². The van der Waals surface area contributed by atoms with Crippen molar-refractivity contribution in [2.45, 2.75) is 32.4 Å². The van der Waals surface area contributed by atoms with E-state index in [1.807, 2.05) is 6.07 Å². The molecule has 5 heteroatoms. The van der Waals surface area contributed by atoms with Crippen molar-refractivity contribution in [1.29, 1.82) is 0 Å². The summed E-state index contributed by atoms with van der Waals surface area (Å²) in [7, 11) is 0. The van der Waals surface area contributed by atoms with Crippen LogP contribution >= 0.6 is 0 Å². The molecule has 1 fully saturated rings. The molecule has 1 aliphatic rings. The smallest absolute Gasteiger partial charge is 0.220 e. The van der Waals surface area contributed by atoms with Gasteiger partial charge < -0.3 is 5.32 Å². The van der Waals surface area contributed by atoms with Crippen molar-refractivity contribution in [3.05, 3.63) is 60.2 Å². The molecule has 0 aliphatic carbocycles. The summed E-state index contributed by atoms with van der Waals surface area (Å²) in [6.45, 7) is 5.08. The van der Waals surface area contributed by atoms with Gasteiger partial charge in [-0.05, 0) is 17.9 Å². The summed E-state index contributed by atoms with van der Waals surface area (Å²) in [6.07, 6.45) is 6.11. The molecule has 0 spiro atoms. The minimum Gasteiger partial charge on any atom is -0.352 e. The standard InChI is InChI=1S/C19H24N4O/c1-15-12-23(13-16-5-3-2-4-6-16)14-18(15)22-19(24)8-7-17-11-20-9-10-21-17/h2-6,9-11,15,18H,7-8,12-14H2,1H3,(H,22,24)/t15-,18-/m0/s1. The van der Waals surface area contributed by atoms with Gasteiger partial charge in [0.2, 0.25) is 5.91 Å². The van der Waals surface area contributed by atoms with E-state index in [1.54, 1.807) is 18.6 Å². The second-order valence-electron chi connectivity index (χ2n) is 6.53. The van der Waals surface area contributed by atoms with Crippen LogP contribution in [0.4, 0.5) is 0 Å². The monoisotopic (exact) mass is 324 g/mol. The van der Waals surface area contributed by atoms with Crippen LogP contribution < -0.4 is 5.32 Å². The number of rotatable bonds is 6. The maximum atomic E-state index is 12.2. The first-order valence-electron chi connectivity index (χ1n) is 8.51. The number of amides is 1. The normalized spacial score (nSPS) is 20.9. The molecule has 1 aromatic carbocycles. The molecule has 1 N–H and O–H groups in total. The largest absolute Gasteiger partial charge is 0.352 e. The van der Waals surface area contributed by atoms with Crippen LogP contribution in [-0.4, -0.2) is 39.9 Å². The number of nitrogens with zero attached hydrogens (tertiary/aromatic N) is 3. The van der Waals surface area contributed by atoms with Crippen LogP contribution in [0.5, 0.6) is 0 Å². The second kappa shape index (κ2) is 8.02. The van der Waals surface area contributed by atoms with E-state index in [-0.39, 0.29) is 11.9 Å². The first-order valence-corrected chi connectivity index (χ1v) is 8.51. The third-order valence-electron chi connectivity index (χ3n) is 4.51. The van der Waals surface area contributed by atoms with Gasteiger partial charge in [0.15, 0.2) is 0 Å². The maximum Gasteiger partial charge on any atom is 0.220 e. The molecule has 2 atom stereocenters. The summed E-state index contributed by atoms with van der Waals surface area (Å²) >= 11 is 0. The van der Waals surface area contributed by atoms with Crippen molar-refractivity contribution in [2.75, 3.05) is 13.1 Å². The topological polar surface area (TPSA) is 58.1 Å². The van der Waals surface area contributed by atoms with E-state index in [9.17, 15) is 4.79 Å². The van der Waals surface area contributed by atoms with Crippen LogP contribution in [0.15, 0.2) is 48.9 Å². The molecule has 0 saturated carbocycles. The highest BCUT2D eigenvalue weighted by molar-refractivity contribution is 5.76. The van der Waals surface area contributed by atoms with Gasteiger partial charge in [0.1, 0.15) is 0 Å². The van der Waals surface area contributed by atoms with Crippen molar-refractivity contribution < 1.29 is 4.79 Å². The van der Waals surface area contributed by atoms with Gasteiger partial charge in [-0.2, -0.15) is 0 Å². The molecule has 0 unspecified atom stereocenters. The van der Waals surface area contributed by atoms with E-state index in [2.05, 4.69) is 51.4 Å². The number of aromatic nitrogens is 2. The van der Waals surface area contributed by atoms with E-state index >= 15 is 0 Å². The fourth-order valence-corrected chi connectivity index (χ4v) is 3.21. The fraction of sp³-hybridized carbons (Fsp3) is 0.421. The van der Waals surface area contributed by atoms with Crippen molar-refractivity contribution in [3.63, 3.8) is 0 Å². The average Bonchev–Trinajstić information content (AvgIpc) is 2.94. The van der Waals surface area contributed by atoms with Crippen molar-refractivity contribution in [2.24, 2.45) is 5.92 Å². The third kappa shape index (κ3) is 4.61. The summed E-state index contributed by atoms with van der Waals surface area (Å²) in [4.78, 5) is 22.8. The summed E-state index contributed by atoms with van der Waals surface area (Å²) in [5.41, 5.74) is 2.18. The Morgan fingerprint density at radius 3 is 2.83 bits per heavy atom. The predicted octanol–water partition coefficient (Wildman–Crippen LogP) is 2.05. The molecule has 1 aliphatic heterocycles. The lowest BCUT2D eigenvalue weighted by Gasteiger charge is -2.17. The number of nitrogens with one attached hydrogen (secondary N) is 1. The van der Waals surface area contributed by atoms with Gasteiger partial charge in [-0.3, -0.25) is 19.7 Å². The summed E-state index contributed by atoms with van der Waals surface area (Å²) < 4.78 is 0. The average molecular weight is 324 g/mol. The lowest BCUT2D eigenvalue weighted by Crippen LogP contribution is -2.39. The fourth-order valence-electron chi connectivity index (χ4n) is 3.21.